The predicted octanol–water partition coefficient (Wildman–Crippen LogP) is 2.05. The van der Waals surface area contributed by atoms with Crippen molar-refractivity contribution in [2.24, 2.45) is 5.92 Å². The van der Waals surface area contributed by atoms with E-state index in [0.717, 1.165) is 32.1 Å². The third kappa shape index (κ3) is 8.02. The van der Waals surface area contributed by atoms with Crippen LogP contribution < -0.4 is 5.32 Å². The minimum absolute atomic E-state index is 0.726. The van der Waals surface area contributed by atoms with Crippen molar-refractivity contribution >= 4 is 0 Å². The van der Waals surface area contributed by atoms with Crippen LogP contribution in [0.5, 0.6) is 0 Å². The molecule has 12 heavy (non-hydrogen) atoms. The van der Waals surface area contributed by atoms with Crippen molar-refractivity contribution in [3.8, 4) is 0 Å². The second kappa shape index (κ2) is 9.01. The Balaban J connectivity index is 2.97. The largest absolute Gasteiger partial charge is 0.381 e. The molecular formula is C10H23NO. The average molecular weight is 173 g/mol. The molecule has 0 saturated heterocycles. The van der Waals surface area contributed by atoms with Gasteiger partial charge in [-0.15, -0.1) is 0 Å². The summed E-state index contributed by atoms with van der Waals surface area (Å²) in [5.41, 5.74) is 0. The van der Waals surface area contributed by atoms with E-state index in [-0.39, 0.29) is 0 Å². The number of rotatable bonds is 8. The van der Waals surface area contributed by atoms with Crippen LogP contribution in [0, 0.1) is 5.92 Å². The summed E-state index contributed by atoms with van der Waals surface area (Å²) in [6.07, 6.45) is 3.67. The molecule has 0 heterocycles. The number of nitrogens with one attached hydrogen (secondary N) is 1. The van der Waals surface area contributed by atoms with Gasteiger partial charge in [0.1, 0.15) is 0 Å². The van der Waals surface area contributed by atoms with Crippen LogP contribution in [0.25, 0.3) is 0 Å². The molecule has 0 fully saturated rings. The van der Waals surface area contributed by atoms with Crippen LogP contribution in [0.15, 0.2) is 0 Å². The van der Waals surface area contributed by atoms with Crippen molar-refractivity contribution in [3.63, 3.8) is 0 Å². The van der Waals surface area contributed by atoms with Crippen molar-refractivity contribution in [1.29, 1.82) is 0 Å². The maximum atomic E-state index is 5.51. The van der Waals surface area contributed by atoms with Gasteiger partial charge in [-0.1, -0.05) is 20.3 Å². The minimum atomic E-state index is 0.726. The summed E-state index contributed by atoms with van der Waals surface area (Å²) >= 11 is 0. The summed E-state index contributed by atoms with van der Waals surface area (Å²) in [6.45, 7) is 7.35. The lowest BCUT2D eigenvalue weighted by Gasteiger charge is -2.10. The van der Waals surface area contributed by atoms with Gasteiger partial charge in [0.25, 0.3) is 0 Å². The van der Waals surface area contributed by atoms with Gasteiger partial charge in [0.05, 0.1) is 0 Å². The maximum absolute atomic E-state index is 5.51. The highest BCUT2D eigenvalue weighted by atomic mass is 16.5. The molecule has 0 aromatic rings. The molecule has 0 amide bonds. The molecule has 0 aliphatic rings. The smallest absolute Gasteiger partial charge is 0.0491 e. The fraction of sp³-hybridized carbons (Fsp3) is 1.00. The Hall–Kier alpha value is -0.0800. The fourth-order valence-electron chi connectivity index (χ4n) is 1.21. The molecule has 2 heteroatoms. The van der Waals surface area contributed by atoms with Gasteiger partial charge < -0.3 is 10.1 Å². The summed E-state index contributed by atoms with van der Waals surface area (Å²) in [7, 11) is 1.97. The van der Waals surface area contributed by atoms with Crippen LogP contribution in [-0.4, -0.2) is 26.8 Å². The summed E-state index contributed by atoms with van der Waals surface area (Å²) < 4.78 is 5.51. The number of hydrogen-bond acceptors (Lipinski definition) is 2. The van der Waals surface area contributed by atoms with E-state index >= 15 is 0 Å². The molecule has 0 radical (unpaired) electrons. The molecule has 0 aromatic carbocycles. The van der Waals surface area contributed by atoms with E-state index in [0.29, 0.717) is 0 Å². The zero-order valence-corrected chi connectivity index (χ0v) is 8.73. The molecule has 0 bridgehead atoms. The van der Waals surface area contributed by atoms with E-state index in [1.807, 2.05) is 7.05 Å². The first-order chi connectivity index (χ1) is 5.81. The molecule has 0 saturated carbocycles. The van der Waals surface area contributed by atoms with Crippen LogP contribution in [0.3, 0.4) is 0 Å². The number of hydrogen-bond donors (Lipinski definition) is 1. The lowest BCUT2D eigenvalue weighted by atomic mass is 10.1. The quantitative estimate of drug-likeness (QED) is 0.567. The maximum Gasteiger partial charge on any atom is 0.0491 e. The van der Waals surface area contributed by atoms with Gasteiger partial charge in [-0.05, 0) is 32.4 Å². The van der Waals surface area contributed by atoms with Crippen LogP contribution >= 0.6 is 0 Å². The molecule has 2 nitrogen and oxygen atoms in total. The molecule has 0 aromatic heterocycles. The van der Waals surface area contributed by atoms with E-state index in [1.165, 1.54) is 12.8 Å². The fourth-order valence-corrected chi connectivity index (χ4v) is 1.21. The first-order valence-electron chi connectivity index (χ1n) is 5.03. The van der Waals surface area contributed by atoms with E-state index in [2.05, 4.69) is 19.2 Å². The van der Waals surface area contributed by atoms with Crippen molar-refractivity contribution in [3.05, 3.63) is 0 Å². The third-order valence-corrected chi connectivity index (χ3v) is 1.90. The van der Waals surface area contributed by atoms with Crippen LogP contribution in [-0.2, 0) is 4.74 Å². The molecular weight excluding hydrogens is 150 g/mol. The van der Waals surface area contributed by atoms with Gasteiger partial charge in [-0.2, -0.15) is 0 Å². The Labute approximate surface area is 76.7 Å². The molecule has 1 unspecified atom stereocenters. The van der Waals surface area contributed by atoms with Crippen molar-refractivity contribution in [2.75, 3.05) is 26.8 Å². The Kier molecular flexibility index (Phi) is 8.95. The molecule has 1 atom stereocenters. The van der Waals surface area contributed by atoms with Gasteiger partial charge in [0, 0.05) is 13.2 Å². The normalized spacial score (nSPS) is 13.2. The van der Waals surface area contributed by atoms with Crippen LogP contribution in [0.4, 0.5) is 0 Å². The second-order valence-corrected chi connectivity index (χ2v) is 3.43. The predicted molar refractivity (Wildman–Crippen MR) is 53.4 cm³/mol. The van der Waals surface area contributed by atoms with Gasteiger partial charge >= 0.3 is 0 Å². The van der Waals surface area contributed by atoms with E-state index in [1.54, 1.807) is 0 Å². The van der Waals surface area contributed by atoms with Crippen molar-refractivity contribution < 1.29 is 4.74 Å². The topological polar surface area (TPSA) is 21.3 Å². The summed E-state index contributed by atoms with van der Waals surface area (Å²) in [5.74, 6) is 0.726. The molecule has 74 valence electrons. The Bertz CT molecular complexity index is 85.9. The van der Waals surface area contributed by atoms with Crippen LogP contribution in [0.2, 0.25) is 0 Å². The zero-order valence-electron chi connectivity index (χ0n) is 8.73. The van der Waals surface area contributed by atoms with E-state index < -0.39 is 0 Å². The monoisotopic (exact) mass is 173 g/mol. The molecule has 1 N–H and O–H groups in total. The van der Waals surface area contributed by atoms with Gasteiger partial charge in [-0.3, -0.25) is 0 Å². The first-order valence-corrected chi connectivity index (χ1v) is 5.03. The average Bonchev–Trinajstić information content (AvgIpc) is 2.05. The van der Waals surface area contributed by atoms with E-state index in [4.69, 9.17) is 4.74 Å². The highest BCUT2D eigenvalue weighted by Gasteiger charge is 1.99. The molecule has 0 aliphatic heterocycles. The number of ether oxygens (including phenoxy) is 1. The van der Waals surface area contributed by atoms with Gasteiger partial charge in [0.2, 0.25) is 0 Å². The van der Waals surface area contributed by atoms with Crippen molar-refractivity contribution in [1.82, 2.24) is 5.32 Å². The lowest BCUT2D eigenvalue weighted by Crippen LogP contribution is -2.12. The van der Waals surface area contributed by atoms with Crippen molar-refractivity contribution in [2.45, 2.75) is 33.1 Å². The summed E-state index contributed by atoms with van der Waals surface area (Å²) in [5, 5.41) is 3.10. The highest BCUT2D eigenvalue weighted by Crippen LogP contribution is 2.04. The highest BCUT2D eigenvalue weighted by molar-refractivity contribution is 4.49. The first kappa shape index (κ1) is 11.9. The zero-order chi connectivity index (χ0) is 9.23. The minimum Gasteiger partial charge on any atom is -0.381 e. The van der Waals surface area contributed by atoms with Gasteiger partial charge in [0.15, 0.2) is 0 Å². The molecule has 0 aliphatic carbocycles. The van der Waals surface area contributed by atoms with Crippen LogP contribution in [0.1, 0.15) is 33.1 Å². The third-order valence-electron chi connectivity index (χ3n) is 1.90. The SMILES string of the molecule is CCCC(C)COCCCNC. The molecule has 0 spiro atoms. The second-order valence-electron chi connectivity index (χ2n) is 3.43. The Morgan fingerprint density at radius 1 is 1.42 bits per heavy atom. The Morgan fingerprint density at radius 3 is 2.75 bits per heavy atom. The lowest BCUT2D eigenvalue weighted by molar-refractivity contribution is 0.100. The Morgan fingerprint density at radius 2 is 2.17 bits per heavy atom. The van der Waals surface area contributed by atoms with E-state index in [9.17, 15) is 0 Å². The summed E-state index contributed by atoms with van der Waals surface area (Å²) in [4.78, 5) is 0. The summed E-state index contributed by atoms with van der Waals surface area (Å²) in [6, 6.07) is 0. The standard InChI is InChI=1S/C10H23NO/c1-4-6-10(2)9-12-8-5-7-11-3/h10-11H,4-9H2,1-3H3. The van der Waals surface area contributed by atoms with Gasteiger partial charge in [-0.25, -0.2) is 0 Å². The molecule has 0 rings (SSSR count).